The van der Waals surface area contributed by atoms with E-state index < -0.39 is 0 Å². The SMILES string of the molecule is OCc1cc(OCCCCc2nccc3ccccc23)cc(OCCCCc2nccc3ccccc23)c1. The largest absolute Gasteiger partial charge is 0.493 e. The number of nitrogens with zero attached hydrogens (tertiary/aromatic N) is 2. The Labute approximate surface area is 224 Å². The second kappa shape index (κ2) is 13.0. The molecule has 0 atom stereocenters. The molecule has 194 valence electrons. The molecule has 0 saturated heterocycles. The van der Waals surface area contributed by atoms with Gasteiger partial charge in [0.1, 0.15) is 11.5 Å². The Morgan fingerprint density at radius 2 is 1.08 bits per heavy atom. The summed E-state index contributed by atoms with van der Waals surface area (Å²) < 4.78 is 12.0. The van der Waals surface area contributed by atoms with Gasteiger partial charge in [0.25, 0.3) is 0 Å². The summed E-state index contributed by atoms with van der Waals surface area (Å²) in [6.45, 7) is 1.17. The fourth-order valence-electron chi connectivity index (χ4n) is 4.82. The van der Waals surface area contributed by atoms with Crippen LogP contribution in [0.5, 0.6) is 11.5 Å². The van der Waals surface area contributed by atoms with Crippen molar-refractivity contribution in [2.24, 2.45) is 0 Å². The molecule has 0 saturated carbocycles. The van der Waals surface area contributed by atoms with E-state index in [2.05, 4.69) is 70.6 Å². The lowest BCUT2D eigenvalue weighted by Gasteiger charge is -2.12. The molecule has 0 aliphatic heterocycles. The van der Waals surface area contributed by atoms with Crippen molar-refractivity contribution >= 4 is 21.5 Å². The summed E-state index contributed by atoms with van der Waals surface area (Å²) >= 11 is 0. The predicted molar refractivity (Wildman–Crippen MR) is 153 cm³/mol. The molecule has 3 aromatic carbocycles. The zero-order valence-electron chi connectivity index (χ0n) is 21.7. The van der Waals surface area contributed by atoms with Gasteiger partial charge >= 0.3 is 0 Å². The minimum absolute atomic E-state index is 0.0485. The van der Waals surface area contributed by atoms with Crippen LogP contribution in [-0.4, -0.2) is 28.3 Å². The number of ether oxygens (including phenoxy) is 2. The van der Waals surface area contributed by atoms with Crippen molar-refractivity contribution in [1.29, 1.82) is 0 Å². The number of pyridine rings is 2. The van der Waals surface area contributed by atoms with Gasteiger partial charge < -0.3 is 14.6 Å². The smallest absolute Gasteiger partial charge is 0.123 e. The van der Waals surface area contributed by atoms with Gasteiger partial charge in [-0.15, -0.1) is 0 Å². The normalized spacial score (nSPS) is 11.2. The summed E-state index contributed by atoms with van der Waals surface area (Å²) in [6, 6.07) is 26.5. The minimum Gasteiger partial charge on any atom is -0.493 e. The van der Waals surface area contributed by atoms with E-state index in [1.165, 1.54) is 21.5 Å². The van der Waals surface area contributed by atoms with Crippen molar-refractivity contribution in [1.82, 2.24) is 9.97 Å². The summed E-state index contributed by atoms with van der Waals surface area (Å²) in [7, 11) is 0. The zero-order valence-corrected chi connectivity index (χ0v) is 21.7. The Hall–Kier alpha value is -3.96. The van der Waals surface area contributed by atoms with E-state index in [1.807, 2.05) is 30.6 Å². The highest BCUT2D eigenvalue weighted by molar-refractivity contribution is 5.84. The molecule has 0 unspecified atom stereocenters. The fourth-order valence-corrected chi connectivity index (χ4v) is 4.82. The van der Waals surface area contributed by atoms with E-state index in [9.17, 15) is 5.11 Å². The third-order valence-electron chi connectivity index (χ3n) is 6.79. The molecule has 0 bridgehead atoms. The average Bonchev–Trinajstić information content (AvgIpc) is 2.97. The molecule has 38 heavy (non-hydrogen) atoms. The molecule has 0 amide bonds. The lowest BCUT2D eigenvalue weighted by atomic mass is 10.1. The van der Waals surface area contributed by atoms with E-state index in [0.717, 1.165) is 67.0 Å². The van der Waals surface area contributed by atoms with Crippen LogP contribution in [0.25, 0.3) is 21.5 Å². The van der Waals surface area contributed by atoms with Crippen molar-refractivity contribution in [2.75, 3.05) is 13.2 Å². The molecule has 0 spiro atoms. The van der Waals surface area contributed by atoms with Crippen LogP contribution < -0.4 is 9.47 Å². The van der Waals surface area contributed by atoms with Crippen LogP contribution in [0.2, 0.25) is 0 Å². The highest BCUT2D eigenvalue weighted by atomic mass is 16.5. The molecule has 0 aliphatic carbocycles. The van der Waals surface area contributed by atoms with Gasteiger partial charge in [0.15, 0.2) is 0 Å². The summed E-state index contributed by atoms with van der Waals surface area (Å²) in [5.41, 5.74) is 3.06. The Kier molecular flexibility index (Phi) is 8.80. The van der Waals surface area contributed by atoms with Crippen LogP contribution in [0.3, 0.4) is 0 Å². The molecular weight excluding hydrogens is 472 g/mol. The lowest BCUT2D eigenvalue weighted by Crippen LogP contribution is -2.02. The summed E-state index contributed by atoms with van der Waals surface area (Å²) in [5.74, 6) is 1.46. The van der Waals surface area contributed by atoms with Crippen LogP contribution in [0.1, 0.15) is 42.6 Å². The quantitative estimate of drug-likeness (QED) is 0.173. The summed E-state index contributed by atoms with van der Waals surface area (Å²) in [5, 5.41) is 14.6. The number of unbranched alkanes of at least 4 members (excludes halogenated alkanes) is 2. The Balaban J connectivity index is 1.07. The van der Waals surface area contributed by atoms with Crippen molar-refractivity contribution in [2.45, 2.75) is 45.1 Å². The topological polar surface area (TPSA) is 64.5 Å². The molecule has 2 heterocycles. The first-order valence-electron chi connectivity index (χ1n) is 13.5. The standard InChI is InChI=1S/C33H34N2O3/c36-24-25-21-28(37-19-7-5-13-32-30-11-3-1-9-26(30)15-17-34-32)23-29(22-25)38-20-8-6-14-33-31-12-4-2-10-27(31)16-18-35-33/h1-4,9-12,15-18,21-23,36H,5-8,13-14,19-20,24H2. The average molecular weight is 507 g/mol. The van der Waals surface area contributed by atoms with Crippen molar-refractivity contribution in [3.8, 4) is 11.5 Å². The molecule has 5 heteroatoms. The lowest BCUT2D eigenvalue weighted by molar-refractivity contribution is 0.272. The number of aryl methyl sites for hydroxylation is 2. The molecule has 0 aliphatic rings. The number of aromatic nitrogens is 2. The Morgan fingerprint density at radius 1 is 0.579 bits per heavy atom. The van der Waals surface area contributed by atoms with Crippen LogP contribution in [0, 0.1) is 0 Å². The zero-order chi connectivity index (χ0) is 26.0. The molecule has 0 fully saturated rings. The second-order valence-electron chi connectivity index (χ2n) is 9.54. The van der Waals surface area contributed by atoms with Gasteiger partial charge in [0.05, 0.1) is 19.8 Å². The van der Waals surface area contributed by atoms with Crippen molar-refractivity contribution in [3.05, 3.63) is 108 Å². The number of hydrogen-bond donors (Lipinski definition) is 1. The molecule has 5 rings (SSSR count). The first-order chi connectivity index (χ1) is 18.8. The van der Waals surface area contributed by atoms with Gasteiger partial charge in [-0.05, 0) is 79.1 Å². The van der Waals surface area contributed by atoms with Crippen molar-refractivity contribution < 1.29 is 14.6 Å². The molecule has 5 nitrogen and oxygen atoms in total. The Bertz CT molecular complexity index is 1370. The predicted octanol–water partition coefficient (Wildman–Crippen LogP) is 7.08. The Morgan fingerprint density at radius 3 is 1.58 bits per heavy atom. The van der Waals surface area contributed by atoms with E-state index in [1.54, 1.807) is 0 Å². The number of hydrogen-bond acceptors (Lipinski definition) is 5. The molecule has 2 aromatic heterocycles. The van der Waals surface area contributed by atoms with Crippen LogP contribution in [0.4, 0.5) is 0 Å². The van der Waals surface area contributed by atoms with Crippen molar-refractivity contribution in [3.63, 3.8) is 0 Å². The summed E-state index contributed by atoms with van der Waals surface area (Å²) in [6.07, 6.45) is 9.45. The van der Waals surface area contributed by atoms with Gasteiger partial charge in [-0.25, -0.2) is 0 Å². The van der Waals surface area contributed by atoms with E-state index >= 15 is 0 Å². The maximum atomic E-state index is 9.71. The molecule has 5 aromatic rings. The van der Waals surface area contributed by atoms with Crippen LogP contribution in [0.15, 0.2) is 91.3 Å². The molecular formula is C33H34N2O3. The number of aliphatic hydroxyl groups excluding tert-OH is 1. The van der Waals surface area contributed by atoms with E-state index in [0.29, 0.717) is 13.2 Å². The second-order valence-corrected chi connectivity index (χ2v) is 9.54. The number of fused-ring (bicyclic) bond motifs is 2. The highest BCUT2D eigenvalue weighted by Gasteiger charge is 2.06. The van der Waals surface area contributed by atoms with E-state index in [-0.39, 0.29) is 6.61 Å². The monoisotopic (exact) mass is 506 g/mol. The first kappa shape index (κ1) is 25.7. The third kappa shape index (κ3) is 6.67. The van der Waals surface area contributed by atoms with Crippen LogP contribution in [-0.2, 0) is 19.4 Å². The maximum absolute atomic E-state index is 9.71. The summed E-state index contributed by atoms with van der Waals surface area (Å²) in [4.78, 5) is 9.16. The number of aliphatic hydroxyl groups is 1. The number of benzene rings is 3. The van der Waals surface area contributed by atoms with Crippen LogP contribution >= 0.6 is 0 Å². The van der Waals surface area contributed by atoms with E-state index in [4.69, 9.17) is 9.47 Å². The highest BCUT2D eigenvalue weighted by Crippen LogP contribution is 2.25. The maximum Gasteiger partial charge on any atom is 0.123 e. The van der Waals surface area contributed by atoms with Gasteiger partial charge in [0, 0.05) is 40.6 Å². The van der Waals surface area contributed by atoms with Gasteiger partial charge in [0.2, 0.25) is 0 Å². The van der Waals surface area contributed by atoms with Gasteiger partial charge in [-0.2, -0.15) is 0 Å². The third-order valence-corrected chi connectivity index (χ3v) is 6.79. The minimum atomic E-state index is -0.0485. The number of rotatable bonds is 13. The van der Waals surface area contributed by atoms with Gasteiger partial charge in [-0.3, -0.25) is 9.97 Å². The molecule has 0 radical (unpaired) electrons. The fraction of sp³-hybridized carbons (Fsp3) is 0.273. The first-order valence-corrected chi connectivity index (χ1v) is 13.5. The molecule has 1 N–H and O–H groups in total. The van der Waals surface area contributed by atoms with Gasteiger partial charge in [-0.1, -0.05) is 48.5 Å².